The lowest BCUT2D eigenvalue weighted by atomic mass is 9.88. The van der Waals surface area contributed by atoms with Crippen molar-refractivity contribution in [3.63, 3.8) is 0 Å². The molecule has 5 heteroatoms. The number of hydrogen-bond acceptors (Lipinski definition) is 2. The average Bonchev–Trinajstić information content (AvgIpc) is 2.01. The third kappa shape index (κ3) is 6.73. The van der Waals surface area contributed by atoms with Gasteiger partial charge in [0.2, 0.25) is 0 Å². The zero-order chi connectivity index (χ0) is 12.1. The molecule has 0 aromatic heterocycles. The Bertz CT molecular complexity index is 208. The molecule has 0 saturated carbocycles. The Morgan fingerprint density at radius 1 is 1.47 bits per heavy atom. The topological polar surface area (TPSA) is 29.3 Å². The maximum Gasteiger partial charge on any atom is 0.251 e. The normalized spacial score (nSPS) is 12.5. The lowest BCUT2D eigenvalue weighted by molar-refractivity contribution is 0.0988. The molecule has 0 spiro atoms. The van der Waals surface area contributed by atoms with Gasteiger partial charge >= 0.3 is 0 Å². The third-order valence-corrected chi connectivity index (χ3v) is 3.01. The number of nitrogens with zero attached hydrogens (tertiary/aromatic N) is 1. The molecule has 0 aliphatic rings. The molecule has 0 radical (unpaired) electrons. The predicted octanol–water partition coefficient (Wildman–Crippen LogP) is 2.28. The van der Waals surface area contributed by atoms with E-state index in [-0.39, 0.29) is 12.0 Å². The maximum atomic E-state index is 12.0. The lowest BCUT2D eigenvalue weighted by Gasteiger charge is -2.24. The van der Waals surface area contributed by atoms with Crippen LogP contribution in [0.1, 0.15) is 26.7 Å². The van der Waals surface area contributed by atoms with Gasteiger partial charge in [-0.1, -0.05) is 26.1 Å². The Kier molecular flexibility index (Phi) is 6.20. The van der Waals surface area contributed by atoms with E-state index in [1.807, 2.05) is 13.8 Å². The summed E-state index contributed by atoms with van der Waals surface area (Å²) in [4.78, 5) is 2.11. The predicted molar refractivity (Wildman–Crippen MR) is 63.3 cm³/mol. The highest BCUT2D eigenvalue weighted by Crippen LogP contribution is 2.22. The van der Waals surface area contributed by atoms with E-state index < -0.39 is 6.43 Å². The fourth-order valence-electron chi connectivity index (χ4n) is 1.24. The van der Waals surface area contributed by atoms with Crippen LogP contribution in [0.15, 0.2) is 0 Å². The minimum Gasteiger partial charge on any atom is -0.393 e. The van der Waals surface area contributed by atoms with E-state index in [2.05, 4.69) is 0 Å². The molecule has 0 aromatic rings. The van der Waals surface area contributed by atoms with Gasteiger partial charge in [0.05, 0.1) is 11.5 Å². The Balaban J connectivity index is 3.74. The van der Waals surface area contributed by atoms with E-state index in [0.717, 1.165) is 12.8 Å². The molecule has 0 aliphatic carbocycles. The summed E-state index contributed by atoms with van der Waals surface area (Å²) < 4.78 is 24.0. The standard InChI is InChI=1S/C10H20F2N2S/c1-10(2,9(13)15)5-4-6-14(3)7-8(11)12/h8H,4-7H2,1-3H3,(H2,13,15). The zero-order valence-electron chi connectivity index (χ0n) is 9.59. The largest absolute Gasteiger partial charge is 0.393 e. The quantitative estimate of drug-likeness (QED) is 0.690. The molecule has 0 saturated heterocycles. The monoisotopic (exact) mass is 238 g/mol. The van der Waals surface area contributed by atoms with Gasteiger partial charge in [-0.15, -0.1) is 0 Å². The Hall–Kier alpha value is -0.290. The second-order valence-corrected chi connectivity index (χ2v) is 4.94. The summed E-state index contributed by atoms with van der Waals surface area (Å²) in [6.07, 6.45) is -0.609. The molecule has 0 fully saturated rings. The van der Waals surface area contributed by atoms with Crippen LogP contribution in [0.2, 0.25) is 0 Å². The Morgan fingerprint density at radius 2 is 2.00 bits per heavy atom. The van der Waals surface area contributed by atoms with Gasteiger partial charge in [0.25, 0.3) is 6.43 Å². The number of thiocarbonyl (C=S) groups is 1. The van der Waals surface area contributed by atoms with Crippen molar-refractivity contribution in [1.82, 2.24) is 4.90 Å². The van der Waals surface area contributed by atoms with E-state index in [1.54, 1.807) is 11.9 Å². The third-order valence-electron chi connectivity index (χ3n) is 2.46. The van der Waals surface area contributed by atoms with Crippen LogP contribution in [0.5, 0.6) is 0 Å². The summed E-state index contributed by atoms with van der Waals surface area (Å²) in [7, 11) is 1.69. The first kappa shape index (κ1) is 14.7. The number of nitrogens with two attached hydrogens (primary N) is 1. The van der Waals surface area contributed by atoms with Crippen molar-refractivity contribution in [2.75, 3.05) is 20.1 Å². The van der Waals surface area contributed by atoms with Crippen LogP contribution < -0.4 is 5.73 Å². The van der Waals surface area contributed by atoms with Crippen LogP contribution >= 0.6 is 12.2 Å². The maximum absolute atomic E-state index is 12.0. The van der Waals surface area contributed by atoms with Gasteiger partial charge in [0.15, 0.2) is 0 Å². The van der Waals surface area contributed by atoms with Gasteiger partial charge < -0.3 is 10.6 Å². The first-order valence-electron chi connectivity index (χ1n) is 5.02. The van der Waals surface area contributed by atoms with Crippen LogP contribution in [0.4, 0.5) is 8.78 Å². The number of halogens is 2. The van der Waals surface area contributed by atoms with E-state index in [4.69, 9.17) is 18.0 Å². The lowest BCUT2D eigenvalue weighted by Crippen LogP contribution is -2.31. The molecular formula is C10H20F2N2S. The van der Waals surface area contributed by atoms with Crippen molar-refractivity contribution in [1.29, 1.82) is 0 Å². The molecule has 0 aliphatic heterocycles. The van der Waals surface area contributed by atoms with Gasteiger partial charge in [0, 0.05) is 5.41 Å². The molecule has 2 nitrogen and oxygen atoms in total. The number of alkyl halides is 2. The molecule has 0 bridgehead atoms. The van der Waals surface area contributed by atoms with Crippen molar-refractivity contribution in [3.05, 3.63) is 0 Å². The second-order valence-electron chi connectivity index (χ2n) is 4.51. The van der Waals surface area contributed by atoms with E-state index in [9.17, 15) is 8.78 Å². The summed E-state index contributed by atoms with van der Waals surface area (Å²) >= 11 is 4.92. The minimum atomic E-state index is -2.27. The fraction of sp³-hybridized carbons (Fsp3) is 0.900. The van der Waals surface area contributed by atoms with E-state index in [0.29, 0.717) is 11.5 Å². The molecule has 0 atom stereocenters. The summed E-state index contributed by atoms with van der Waals surface area (Å²) in [5.41, 5.74) is 5.39. The highest BCUT2D eigenvalue weighted by atomic mass is 32.1. The number of hydrogen-bond donors (Lipinski definition) is 1. The van der Waals surface area contributed by atoms with Crippen LogP contribution in [0.3, 0.4) is 0 Å². The van der Waals surface area contributed by atoms with Crippen molar-refractivity contribution in [2.24, 2.45) is 11.1 Å². The molecular weight excluding hydrogens is 218 g/mol. The van der Waals surface area contributed by atoms with Gasteiger partial charge in [-0.25, -0.2) is 8.78 Å². The van der Waals surface area contributed by atoms with Crippen LogP contribution in [-0.2, 0) is 0 Å². The zero-order valence-corrected chi connectivity index (χ0v) is 10.4. The Morgan fingerprint density at radius 3 is 2.40 bits per heavy atom. The summed E-state index contributed by atoms with van der Waals surface area (Å²) in [5.74, 6) is 0. The molecule has 90 valence electrons. The van der Waals surface area contributed by atoms with Crippen molar-refractivity contribution >= 4 is 17.2 Å². The number of rotatable bonds is 7. The summed E-state index contributed by atoms with van der Waals surface area (Å²) in [6, 6.07) is 0. The fourth-order valence-corrected chi connectivity index (χ4v) is 1.34. The van der Waals surface area contributed by atoms with Crippen molar-refractivity contribution in [2.45, 2.75) is 33.1 Å². The summed E-state index contributed by atoms with van der Waals surface area (Å²) in [5, 5.41) is 0. The van der Waals surface area contributed by atoms with Crippen molar-refractivity contribution < 1.29 is 8.78 Å². The average molecular weight is 238 g/mol. The SMILES string of the molecule is CN(CCCC(C)(C)C(N)=S)CC(F)F. The van der Waals surface area contributed by atoms with Crippen LogP contribution in [0, 0.1) is 5.41 Å². The van der Waals surface area contributed by atoms with Gasteiger partial charge in [-0.2, -0.15) is 0 Å². The molecule has 2 N–H and O–H groups in total. The van der Waals surface area contributed by atoms with Crippen LogP contribution in [0.25, 0.3) is 0 Å². The van der Waals surface area contributed by atoms with E-state index in [1.165, 1.54) is 0 Å². The molecule has 0 rings (SSSR count). The second kappa shape index (κ2) is 6.33. The first-order valence-corrected chi connectivity index (χ1v) is 5.43. The highest BCUT2D eigenvalue weighted by molar-refractivity contribution is 7.80. The molecule has 0 aromatic carbocycles. The summed E-state index contributed by atoms with van der Waals surface area (Å²) in [6.45, 7) is 4.43. The highest BCUT2D eigenvalue weighted by Gasteiger charge is 2.20. The van der Waals surface area contributed by atoms with Crippen molar-refractivity contribution in [3.8, 4) is 0 Å². The smallest absolute Gasteiger partial charge is 0.251 e. The van der Waals surface area contributed by atoms with E-state index >= 15 is 0 Å². The molecule has 0 amide bonds. The van der Waals surface area contributed by atoms with Gasteiger partial charge in [-0.05, 0) is 26.4 Å². The van der Waals surface area contributed by atoms with Gasteiger partial charge in [-0.3, -0.25) is 0 Å². The molecule has 0 unspecified atom stereocenters. The minimum absolute atomic E-state index is 0.173. The Labute approximate surface area is 95.8 Å². The molecule has 15 heavy (non-hydrogen) atoms. The van der Waals surface area contributed by atoms with Crippen LogP contribution in [-0.4, -0.2) is 36.5 Å². The van der Waals surface area contributed by atoms with Gasteiger partial charge in [0.1, 0.15) is 0 Å². The molecule has 0 heterocycles. The first-order chi connectivity index (χ1) is 6.75.